The average Bonchev–Trinajstić information content (AvgIpc) is 3.42. The highest BCUT2D eigenvalue weighted by molar-refractivity contribution is 6.36. The summed E-state index contributed by atoms with van der Waals surface area (Å²) in [6.45, 7) is 2.64. The summed E-state index contributed by atoms with van der Waals surface area (Å²) in [5, 5.41) is 7.71. The Balaban J connectivity index is 1.67. The number of nitrogens with one attached hydrogen (secondary N) is 1. The van der Waals surface area contributed by atoms with Crippen molar-refractivity contribution >= 4 is 35.0 Å². The van der Waals surface area contributed by atoms with E-state index in [2.05, 4.69) is 10.5 Å². The van der Waals surface area contributed by atoms with Crippen LogP contribution in [-0.4, -0.2) is 79.8 Å². The molecule has 1 aliphatic rings. The summed E-state index contributed by atoms with van der Waals surface area (Å²) >= 11 is 12.2. The van der Waals surface area contributed by atoms with Gasteiger partial charge in [-0.05, 0) is 45.1 Å². The Morgan fingerprint density at radius 3 is 2.72 bits per heavy atom. The molecule has 10 heteroatoms. The molecule has 2 heterocycles. The number of carbonyl (C=O) groups is 2. The first-order chi connectivity index (χ1) is 15.3. The fraction of sp³-hybridized carbons (Fsp3) is 0.500. The fourth-order valence-electron chi connectivity index (χ4n) is 3.41. The fourth-order valence-corrected chi connectivity index (χ4v) is 3.91. The number of aromatic nitrogens is 1. The summed E-state index contributed by atoms with van der Waals surface area (Å²) in [5.74, 6) is -0.0547. The molecule has 1 aliphatic heterocycles. The number of ether oxygens (including phenoxy) is 1. The molecule has 0 radical (unpaired) electrons. The van der Waals surface area contributed by atoms with Crippen LogP contribution in [0.25, 0.3) is 11.3 Å². The third-order valence-electron chi connectivity index (χ3n) is 5.15. The minimum atomic E-state index is -0.318. The smallest absolute Gasteiger partial charge is 0.276 e. The van der Waals surface area contributed by atoms with Gasteiger partial charge in [-0.2, -0.15) is 0 Å². The van der Waals surface area contributed by atoms with E-state index in [1.165, 1.54) is 0 Å². The summed E-state index contributed by atoms with van der Waals surface area (Å²) in [4.78, 5) is 29.0. The van der Waals surface area contributed by atoms with Crippen LogP contribution < -0.4 is 5.32 Å². The van der Waals surface area contributed by atoms with Crippen LogP contribution in [0.15, 0.2) is 28.8 Å². The number of nitrogens with zero attached hydrogens (tertiary/aromatic N) is 3. The molecule has 0 bridgehead atoms. The molecule has 3 rings (SSSR count). The van der Waals surface area contributed by atoms with Crippen molar-refractivity contribution in [3.05, 3.63) is 40.0 Å². The molecule has 1 aromatic carbocycles. The molecule has 0 spiro atoms. The van der Waals surface area contributed by atoms with E-state index in [0.29, 0.717) is 41.1 Å². The molecule has 2 amide bonds. The van der Waals surface area contributed by atoms with Crippen molar-refractivity contribution in [2.75, 3.05) is 46.9 Å². The number of rotatable bonds is 10. The lowest BCUT2D eigenvalue weighted by Gasteiger charge is -2.24. The standard InChI is InChI=1S/C22H28Cl2N4O4/c1-27(2)10-8-25-21(29)7-9-28(14-16-4-3-11-31-16)22(30)19-13-20(32-26-19)17-6-5-15(23)12-18(17)24/h5-6,12-13,16H,3-4,7-11,14H2,1-2H3,(H,25,29)/t16-/m1/s1. The second-order valence-corrected chi connectivity index (χ2v) is 8.83. The number of carbonyl (C=O) groups excluding carboxylic acids is 2. The molecule has 0 saturated carbocycles. The summed E-state index contributed by atoms with van der Waals surface area (Å²) in [7, 11) is 3.88. The van der Waals surface area contributed by atoms with Crippen molar-refractivity contribution in [1.82, 2.24) is 20.3 Å². The van der Waals surface area contributed by atoms with E-state index >= 15 is 0 Å². The van der Waals surface area contributed by atoms with Crippen molar-refractivity contribution in [1.29, 1.82) is 0 Å². The predicted molar refractivity (Wildman–Crippen MR) is 123 cm³/mol. The van der Waals surface area contributed by atoms with Gasteiger partial charge >= 0.3 is 0 Å². The first-order valence-corrected chi connectivity index (χ1v) is 11.3. The van der Waals surface area contributed by atoms with E-state index in [4.69, 9.17) is 32.5 Å². The van der Waals surface area contributed by atoms with Crippen molar-refractivity contribution < 1.29 is 18.8 Å². The number of likely N-dealkylation sites (N-methyl/N-ethyl adjacent to an activating group) is 1. The monoisotopic (exact) mass is 482 g/mol. The maximum absolute atomic E-state index is 13.2. The SMILES string of the molecule is CN(C)CCNC(=O)CCN(C[C@H]1CCCO1)C(=O)c1cc(-c2ccc(Cl)cc2Cl)on1. The minimum absolute atomic E-state index is 0.0483. The van der Waals surface area contributed by atoms with Crippen LogP contribution in [0.2, 0.25) is 10.0 Å². The van der Waals surface area contributed by atoms with Gasteiger partial charge in [0.05, 0.1) is 11.1 Å². The van der Waals surface area contributed by atoms with Crippen molar-refractivity contribution in [2.24, 2.45) is 0 Å². The Kier molecular flexibility index (Phi) is 8.92. The molecule has 1 saturated heterocycles. The highest BCUT2D eigenvalue weighted by Crippen LogP contribution is 2.31. The van der Waals surface area contributed by atoms with Crippen LogP contribution in [-0.2, 0) is 9.53 Å². The van der Waals surface area contributed by atoms with Gasteiger partial charge in [-0.3, -0.25) is 9.59 Å². The van der Waals surface area contributed by atoms with Crippen molar-refractivity contribution in [2.45, 2.75) is 25.4 Å². The van der Waals surface area contributed by atoms with Gasteiger partial charge in [-0.1, -0.05) is 28.4 Å². The van der Waals surface area contributed by atoms with Crippen LogP contribution >= 0.6 is 23.2 Å². The number of halogens is 2. The molecular weight excluding hydrogens is 455 g/mol. The summed E-state index contributed by atoms with van der Waals surface area (Å²) in [6.07, 6.45) is 1.98. The molecule has 1 N–H and O–H groups in total. The van der Waals surface area contributed by atoms with E-state index in [1.54, 1.807) is 29.2 Å². The maximum Gasteiger partial charge on any atom is 0.276 e. The summed E-state index contributed by atoms with van der Waals surface area (Å²) in [5.41, 5.74) is 0.741. The number of hydrogen-bond donors (Lipinski definition) is 1. The zero-order valence-corrected chi connectivity index (χ0v) is 19.8. The van der Waals surface area contributed by atoms with Gasteiger partial charge in [0.1, 0.15) is 0 Å². The molecule has 174 valence electrons. The molecule has 32 heavy (non-hydrogen) atoms. The van der Waals surface area contributed by atoms with E-state index in [-0.39, 0.29) is 36.6 Å². The van der Waals surface area contributed by atoms with Crippen LogP contribution in [0.5, 0.6) is 0 Å². The number of benzene rings is 1. The van der Waals surface area contributed by atoms with Gasteiger partial charge in [0, 0.05) is 55.9 Å². The third kappa shape index (κ3) is 6.93. The zero-order valence-electron chi connectivity index (χ0n) is 18.3. The quantitative estimate of drug-likeness (QED) is 0.558. The third-order valence-corrected chi connectivity index (χ3v) is 5.70. The van der Waals surface area contributed by atoms with Crippen LogP contribution in [0, 0.1) is 0 Å². The van der Waals surface area contributed by atoms with Crippen molar-refractivity contribution in [3.8, 4) is 11.3 Å². The van der Waals surface area contributed by atoms with E-state index in [0.717, 1.165) is 19.4 Å². The Morgan fingerprint density at radius 2 is 2.03 bits per heavy atom. The van der Waals surface area contributed by atoms with Gasteiger partial charge in [0.15, 0.2) is 11.5 Å². The molecule has 2 aromatic rings. The Morgan fingerprint density at radius 1 is 1.22 bits per heavy atom. The molecule has 1 atom stereocenters. The van der Waals surface area contributed by atoms with E-state index in [1.807, 2.05) is 19.0 Å². The lowest BCUT2D eigenvalue weighted by Crippen LogP contribution is -2.40. The Bertz CT molecular complexity index is 928. The molecule has 1 fully saturated rings. The van der Waals surface area contributed by atoms with E-state index < -0.39 is 0 Å². The molecule has 0 aliphatic carbocycles. The lowest BCUT2D eigenvalue weighted by atomic mass is 10.1. The first kappa shape index (κ1) is 24.5. The molecule has 0 unspecified atom stereocenters. The van der Waals surface area contributed by atoms with E-state index in [9.17, 15) is 9.59 Å². The molecule has 1 aromatic heterocycles. The average molecular weight is 483 g/mol. The van der Waals surface area contributed by atoms with Gasteiger partial charge in [-0.15, -0.1) is 0 Å². The summed E-state index contributed by atoms with van der Waals surface area (Å²) < 4.78 is 11.1. The second-order valence-electron chi connectivity index (χ2n) is 7.99. The Hall–Kier alpha value is -2.13. The second kappa shape index (κ2) is 11.7. The minimum Gasteiger partial charge on any atom is -0.376 e. The van der Waals surface area contributed by atoms with Gasteiger partial charge in [0.25, 0.3) is 5.91 Å². The molecule has 8 nitrogen and oxygen atoms in total. The van der Waals surface area contributed by atoms with Crippen molar-refractivity contribution in [3.63, 3.8) is 0 Å². The number of amides is 2. The molecular formula is C22H28Cl2N4O4. The highest BCUT2D eigenvalue weighted by atomic mass is 35.5. The topological polar surface area (TPSA) is 87.9 Å². The zero-order chi connectivity index (χ0) is 23.1. The predicted octanol–water partition coefficient (Wildman–Crippen LogP) is 3.34. The first-order valence-electron chi connectivity index (χ1n) is 10.6. The number of hydrogen-bond acceptors (Lipinski definition) is 6. The van der Waals surface area contributed by atoms with Gasteiger partial charge in [0.2, 0.25) is 5.91 Å². The van der Waals surface area contributed by atoms with Crippen LogP contribution in [0.3, 0.4) is 0 Å². The van der Waals surface area contributed by atoms with Crippen LogP contribution in [0.1, 0.15) is 29.8 Å². The lowest BCUT2D eigenvalue weighted by molar-refractivity contribution is -0.121. The van der Waals surface area contributed by atoms with Gasteiger partial charge < -0.3 is 24.4 Å². The van der Waals surface area contributed by atoms with Gasteiger partial charge in [-0.25, -0.2) is 0 Å². The largest absolute Gasteiger partial charge is 0.376 e. The normalized spacial score (nSPS) is 15.8. The Labute approximate surface area is 197 Å². The van der Waals surface area contributed by atoms with Crippen LogP contribution in [0.4, 0.5) is 0 Å². The maximum atomic E-state index is 13.2. The summed E-state index contributed by atoms with van der Waals surface area (Å²) in [6, 6.07) is 6.55. The highest BCUT2D eigenvalue weighted by Gasteiger charge is 2.26.